The molecule has 0 radical (unpaired) electrons. The third kappa shape index (κ3) is 5.02. The van der Waals surface area contributed by atoms with Gasteiger partial charge < -0.3 is 25.4 Å². The van der Waals surface area contributed by atoms with E-state index in [1.807, 2.05) is 4.90 Å². The lowest BCUT2D eigenvalue weighted by molar-refractivity contribution is -0.139. The summed E-state index contributed by atoms with van der Waals surface area (Å²) in [5, 5.41) is 2.85. The fourth-order valence-electron chi connectivity index (χ4n) is 4.41. The van der Waals surface area contributed by atoms with E-state index in [2.05, 4.69) is 5.32 Å². The lowest BCUT2D eigenvalue weighted by Gasteiger charge is -2.38. The number of nitrogens with one attached hydrogen (secondary N) is 1. The van der Waals surface area contributed by atoms with Gasteiger partial charge in [0.15, 0.2) is 6.61 Å². The van der Waals surface area contributed by atoms with Crippen LogP contribution in [0.5, 0.6) is 11.5 Å². The van der Waals surface area contributed by atoms with Gasteiger partial charge in [-0.15, -0.1) is 0 Å². The highest BCUT2D eigenvalue weighted by atomic mass is 35.5. The number of ether oxygens (including phenoxy) is 2. The summed E-state index contributed by atoms with van der Waals surface area (Å²) in [4.78, 5) is 26.0. The minimum Gasteiger partial charge on any atom is -0.490 e. The third-order valence-corrected chi connectivity index (χ3v) is 5.88. The molecule has 3 amide bonds. The zero-order valence-corrected chi connectivity index (χ0v) is 17.5. The number of hydrogen-bond acceptors (Lipinski definition) is 4. The lowest BCUT2D eigenvalue weighted by Crippen LogP contribution is -2.50. The molecule has 3 N–H and O–H groups in total. The number of primary amides is 1. The minimum absolute atomic E-state index is 0.0180. The molecule has 2 aromatic carbocycles. The summed E-state index contributed by atoms with van der Waals surface area (Å²) in [5.41, 5.74) is 5.49. The zero-order valence-electron chi connectivity index (χ0n) is 16.7. The van der Waals surface area contributed by atoms with Crippen LogP contribution in [-0.4, -0.2) is 41.6 Å². The van der Waals surface area contributed by atoms with Gasteiger partial charge in [-0.05, 0) is 55.3 Å². The monoisotopic (exact) mass is 447 g/mol. The van der Waals surface area contributed by atoms with Crippen molar-refractivity contribution in [2.24, 2.45) is 5.73 Å². The summed E-state index contributed by atoms with van der Waals surface area (Å²) in [7, 11) is 0. The molecule has 1 unspecified atom stereocenters. The van der Waals surface area contributed by atoms with E-state index in [9.17, 15) is 14.0 Å². The van der Waals surface area contributed by atoms with Crippen LogP contribution >= 0.6 is 11.6 Å². The summed E-state index contributed by atoms with van der Waals surface area (Å²) >= 11 is 5.96. The highest BCUT2D eigenvalue weighted by molar-refractivity contribution is 6.31. The normalized spacial score (nSPS) is 22.1. The van der Waals surface area contributed by atoms with Crippen LogP contribution in [0.25, 0.3) is 0 Å². The Labute approximate surface area is 184 Å². The number of fused-ring (bicyclic) bond motifs is 2. The van der Waals surface area contributed by atoms with Crippen LogP contribution < -0.4 is 20.5 Å². The number of hydrogen-bond donors (Lipinski definition) is 2. The van der Waals surface area contributed by atoms with Crippen LogP contribution in [0.2, 0.25) is 5.02 Å². The molecular formula is C22H23ClFN3O4. The van der Waals surface area contributed by atoms with E-state index in [1.54, 1.807) is 24.3 Å². The van der Waals surface area contributed by atoms with Crippen molar-refractivity contribution in [1.82, 2.24) is 4.90 Å². The van der Waals surface area contributed by atoms with E-state index in [0.29, 0.717) is 22.2 Å². The van der Waals surface area contributed by atoms with Crippen molar-refractivity contribution in [3.63, 3.8) is 0 Å². The van der Waals surface area contributed by atoms with Crippen molar-refractivity contribution < 1.29 is 23.5 Å². The molecule has 31 heavy (non-hydrogen) atoms. The number of nitrogens with zero attached hydrogens (tertiary/aromatic N) is 1. The number of carbonyl (C=O) groups excluding carboxylic acids is 2. The maximum absolute atomic E-state index is 13.1. The number of anilines is 1. The first-order valence-electron chi connectivity index (χ1n) is 10.1. The van der Waals surface area contributed by atoms with Crippen molar-refractivity contribution in [2.75, 3.05) is 11.9 Å². The van der Waals surface area contributed by atoms with E-state index >= 15 is 0 Å². The van der Waals surface area contributed by atoms with Crippen LogP contribution in [0.1, 0.15) is 25.7 Å². The van der Waals surface area contributed by atoms with Crippen molar-refractivity contribution in [1.29, 1.82) is 0 Å². The molecule has 2 aliphatic rings. The van der Waals surface area contributed by atoms with E-state index in [0.717, 1.165) is 25.7 Å². The van der Waals surface area contributed by atoms with Gasteiger partial charge in [0.2, 0.25) is 0 Å². The molecule has 2 fully saturated rings. The minimum atomic E-state index is -0.750. The Kier molecular flexibility index (Phi) is 6.18. The zero-order chi connectivity index (χ0) is 22.0. The Morgan fingerprint density at radius 1 is 1.13 bits per heavy atom. The van der Waals surface area contributed by atoms with Crippen molar-refractivity contribution >= 4 is 29.2 Å². The Morgan fingerprint density at radius 3 is 2.45 bits per heavy atom. The van der Waals surface area contributed by atoms with Crippen LogP contribution in [0.4, 0.5) is 14.9 Å². The average molecular weight is 448 g/mol. The quantitative estimate of drug-likeness (QED) is 0.701. The Balaban J connectivity index is 1.36. The predicted molar refractivity (Wildman–Crippen MR) is 114 cm³/mol. The molecule has 7 nitrogen and oxygen atoms in total. The SMILES string of the molecule is NC(=O)Nc1cc(Cl)ccc1OCC(=O)N1[C@@H]2CC[C@H]1CC(Oc1ccc(F)cc1)C2. The molecule has 0 spiro atoms. The van der Waals surface area contributed by atoms with Gasteiger partial charge in [0.1, 0.15) is 23.4 Å². The van der Waals surface area contributed by atoms with E-state index in [4.69, 9.17) is 26.8 Å². The second kappa shape index (κ2) is 9.01. The highest BCUT2D eigenvalue weighted by Gasteiger charge is 2.44. The topological polar surface area (TPSA) is 93.9 Å². The van der Waals surface area contributed by atoms with Gasteiger partial charge in [0, 0.05) is 29.9 Å². The van der Waals surface area contributed by atoms with Gasteiger partial charge in [0.05, 0.1) is 5.69 Å². The molecule has 2 heterocycles. The molecule has 2 aliphatic heterocycles. The second-order valence-corrected chi connectivity index (χ2v) is 8.21. The number of piperidine rings is 1. The van der Waals surface area contributed by atoms with Gasteiger partial charge in [-0.3, -0.25) is 4.79 Å². The molecule has 164 valence electrons. The summed E-state index contributed by atoms with van der Waals surface area (Å²) in [6.07, 6.45) is 3.24. The number of halogens is 2. The van der Waals surface area contributed by atoms with Crippen molar-refractivity contribution in [3.05, 3.63) is 53.3 Å². The predicted octanol–water partition coefficient (Wildman–Crippen LogP) is 3.95. The summed E-state index contributed by atoms with van der Waals surface area (Å²) in [5.74, 6) is 0.528. The summed E-state index contributed by atoms with van der Waals surface area (Å²) in [6, 6.07) is 10.1. The first-order valence-corrected chi connectivity index (χ1v) is 10.5. The molecule has 2 aromatic rings. The molecule has 2 bridgehead atoms. The molecule has 3 atom stereocenters. The smallest absolute Gasteiger partial charge is 0.316 e. The van der Waals surface area contributed by atoms with E-state index in [-0.39, 0.29) is 36.5 Å². The van der Waals surface area contributed by atoms with Gasteiger partial charge >= 0.3 is 6.03 Å². The highest BCUT2D eigenvalue weighted by Crippen LogP contribution is 2.37. The van der Waals surface area contributed by atoms with Crippen LogP contribution in [0, 0.1) is 5.82 Å². The molecule has 0 saturated carbocycles. The molecule has 2 saturated heterocycles. The standard InChI is InChI=1S/C22H23ClFN3O4/c23-13-1-8-20(19(9-13)26-22(25)29)30-12-21(28)27-15-4-5-16(27)11-18(10-15)31-17-6-2-14(24)3-7-17/h1-3,6-9,15-16,18H,4-5,10-12H2,(H3,25,26,29)/t15-,16+,18?. The van der Waals surface area contributed by atoms with Crippen LogP contribution in [-0.2, 0) is 4.79 Å². The Hall–Kier alpha value is -3.00. The molecule has 4 rings (SSSR count). The van der Waals surface area contributed by atoms with Gasteiger partial charge in [-0.1, -0.05) is 11.6 Å². The van der Waals surface area contributed by atoms with Crippen molar-refractivity contribution in [3.8, 4) is 11.5 Å². The Bertz CT molecular complexity index is 958. The third-order valence-electron chi connectivity index (χ3n) is 5.64. The number of rotatable bonds is 6. The molecule has 0 aliphatic carbocycles. The number of nitrogens with two attached hydrogens (primary N) is 1. The van der Waals surface area contributed by atoms with Gasteiger partial charge in [-0.25, -0.2) is 9.18 Å². The largest absolute Gasteiger partial charge is 0.490 e. The first kappa shape index (κ1) is 21.2. The van der Waals surface area contributed by atoms with Gasteiger partial charge in [-0.2, -0.15) is 0 Å². The summed E-state index contributed by atoms with van der Waals surface area (Å²) in [6.45, 7) is -0.161. The fourth-order valence-corrected chi connectivity index (χ4v) is 4.58. The van der Waals surface area contributed by atoms with Crippen LogP contribution in [0.3, 0.4) is 0 Å². The van der Waals surface area contributed by atoms with E-state index < -0.39 is 6.03 Å². The maximum atomic E-state index is 13.1. The molecular weight excluding hydrogens is 425 g/mol. The van der Waals surface area contributed by atoms with Crippen LogP contribution in [0.15, 0.2) is 42.5 Å². The summed E-state index contributed by atoms with van der Waals surface area (Å²) < 4.78 is 24.8. The number of carbonyl (C=O) groups is 2. The second-order valence-electron chi connectivity index (χ2n) is 7.77. The van der Waals surface area contributed by atoms with E-state index in [1.165, 1.54) is 18.2 Å². The number of benzene rings is 2. The lowest BCUT2D eigenvalue weighted by atomic mass is 9.99. The Morgan fingerprint density at radius 2 is 1.81 bits per heavy atom. The average Bonchev–Trinajstić information content (AvgIpc) is 2.99. The molecule has 9 heteroatoms. The number of urea groups is 1. The van der Waals surface area contributed by atoms with Crippen molar-refractivity contribution in [2.45, 2.75) is 43.9 Å². The van der Waals surface area contributed by atoms with Gasteiger partial charge in [0.25, 0.3) is 5.91 Å². The number of amides is 3. The fraction of sp³-hybridized carbons (Fsp3) is 0.364. The first-order chi connectivity index (χ1) is 14.9. The molecule has 0 aromatic heterocycles. The maximum Gasteiger partial charge on any atom is 0.316 e.